The number of aryl methyl sites for hydroxylation is 2. The van der Waals surface area contributed by atoms with Gasteiger partial charge in [-0.05, 0) is 63.1 Å². The van der Waals surface area contributed by atoms with Crippen molar-refractivity contribution in [3.05, 3.63) is 125 Å². The molecule has 6 aromatic rings. The molecule has 0 spiro atoms. The second-order valence-corrected chi connectivity index (χ2v) is 17.9. The van der Waals surface area contributed by atoms with E-state index in [9.17, 15) is 19.2 Å². The van der Waals surface area contributed by atoms with Crippen LogP contribution in [0.1, 0.15) is 101 Å². The van der Waals surface area contributed by atoms with Gasteiger partial charge in [-0.1, -0.05) is 47.5 Å². The van der Waals surface area contributed by atoms with Crippen molar-refractivity contribution in [3.63, 3.8) is 0 Å². The molecule has 2 amide bonds. The summed E-state index contributed by atoms with van der Waals surface area (Å²) in [4.78, 5) is 63.6. The van der Waals surface area contributed by atoms with Crippen LogP contribution < -0.4 is 10.6 Å². The van der Waals surface area contributed by atoms with E-state index in [4.69, 9.17) is 47.4 Å². The first kappa shape index (κ1) is 45.4. The van der Waals surface area contributed by atoms with Gasteiger partial charge < -0.3 is 24.8 Å². The molecule has 65 heavy (non-hydrogen) atoms. The van der Waals surface area contributed by atoms with Crippen molar-refractivity contribution in [1.82, 2.24) is 40.2 Å². The maximum Gasteiger partial charge on any atom is 0.308 e. The first-order valence-corrected chi connectivity index (χ1v) is 22.8. The van der Waals surface area contributed by atoms with Crippen LogP contribution >= 0.6 is 45.9 Å². The second-order valence-electron chi connectivity index (χ2n) is 15.0. The molecule has 0 fully saturated rings. The maximum absolute atomic E-state index is 13.8. The van der Waals surface area contributed by atoms with Crippen LogP contribution in [0, 0.1) is 27.7 Å². The van der Waals surface area contributed by atoms with Crippen molar-refractivity contribution in [1.29, 1.82) is 0 Å². The zero-order valence-electron chi connectivity index (χ0n) is 36.0. The number of nitrogens with one attached hydrogen (secondary N) is 2. The minimum Gasteiger partial charge on any atom is -0.469 e. The number of halogens is 2. The molecule has 2 aliphatic rings. The molecule has 2 unspecified atom stereocenters. The second kappa shape index (κ2) is 19.2. The van der Waals surface area contributed by atoms with Gasteiger partial charge in [0.05, 0.1) is 61.5 Å². The van der Waals surface area contributed by atoms with Crippen molar-refractivity contribution in [2.45, 2.75) is 52.6 Å². The summed E-state index contributed by atoms with van der Waals surface area (Å²) in [6.45, 7) is 8.10. The first-order chi connectivity index (χ1) is 31.3. The Morgan fingerprint density at radius 1 is 0.615 bits per heavy atom. The zero-order valence-corrected chi connectivity index (χ0v) is 39.2. The third-order valence-electron chi connectivity index (χ3n) is 10.9. The summed E-state index contributed by atoms with van der Waals surface area (Å²) in [5.74, 6) is 0.556. The van der Waals surface area contributed by atoms with Crippen molar-refractivity contribution in [2.24, 2.45) is 9.98 Å². The normalized spacial score (nSPS) is 15.0. The fourth-order valence-corrected chi connectivity index (χ4v) is 10.5. The third-order valence-corrected chi connectivity index (χ3v) is 13.9. The number of rotatable bonds is 14. The number of nitrogens with zero attached hydrogens (tertiary/aromatic N) is 8. The van der Waals surface area contributed by atoms with Crippen molar-refractivity contribution < 1.29 is 33.4 Å². The highest BCUT2D eigenvalue weighted by Gasteiger charge is 2.36. The molecule has 2 N–H and O–H groups in total. The Hall–Kier alpha value is -6.12. The van der Waals surface area contributed by atoms with Crippen LogP contribution in [0.15, 0.2) is 58.5 Å². The third kappa shape index (κ3) is 8.98. The lowest BCUT2D eigenvalue weighted by Gasteiger charge is -2.12. The van der Waals surface area contributed by atoms with Gasteiger partial charge in [-0.25, -0.2) is 0 Å². The maximum atomic E-state index is 13.8. The number of amides is 2. The zero-order chi connectivity index (χ0) is 46.1. The standard InChI is InChI=1S/C44H42Cl2N10O7S2/c1-21-33-35(25-7-11-27(45)12-8-25)49-29(19-31(57)61-5)39-53-51-23(3)55(39)43(33)64-37(21)41(59)47-15-17-63-18-16-48-42(60)38-22(2)34-36(26-9-13-28(46)14-10-26)50-30(20-32(58)62-6)40-54-52-24(4)56(40)44(34)65-38/h7-14,29-30H,15-20H2,1-6H3,(H,47,59)(H,48,60). The van der Waals surface area contributed by atoms with E-state index in [1.807, 2.05) is 47.2 Å². The fourth-order valence-electron chi connectivity index (χ4n) is 7.70. The molecule has 4 aromatic heterocycles. The number of carbonyl (C=O) groups is 4. The lowest BCUT2D eigenvalue weighted by molar-refractivity contribution is -0.142. The quantitative estimate of drug-likeness (QED) is 0.0879. The van der Waals surface area contributed by atoms with Gasteiger partial charge in [0, 0.05) is 45.4 Å². The van der Waals surface area contributed by atoms with Gasteiger partial charge in [-0.2, -0.15) is 0 Å². The number of methoxy groups -OCH3 is 2. The average molecular weight is 958 g/mol. The Kier molecular flexibility index (Phi) is 13.4. The van der Waals surface area contributed by atoms with Crippen LogP contribution in [0.4, 0.5) is 0 Å². The number of fused-ring (bicyclic) bond motifs is 6. The minimum absolute atomic E-state index is 0.0561. The van der Waals surface area contributed by atoms with Gasteiger partial charge in [-0.15, -0.1) is 43.1 Å². The number of ether oxygens (including phenoxy) is 3. The number of benzene rings is 2. The highest BCUT2D eigenvalue weighted by Crippen LogP contribution is 2.42. The smallest absolute Gasteiger partial charge is 0.308 e. The highest BCUT2D eigenvalue weighted by atomic mass is 35.5. The number of hydrogen-bond acceptors (Lipinski definition) is 15. The van der Waals surface area contributed by atoms with Crippen LogP contribution in [0.2, 0.25) is 10.0 Å². The molecule has 2 aliphatic heterocycles. The predicted molar refractivity (Wildman–Crippen MR) is 246 cm³/mol. The summed E-state index contributed by atoms with van der Waals surface area (Å²) in [6.07, 6.45) is -0.112. The van der Waals surface area contributed by atoms with Gasteiger partial charge in [0.15, 0.2) is 11.6 Å². The number of aliphatic imine (C=N–C) groups is 2. The molecule has 0 bridgehead atoms. The van der Waals surface area contributed by atoms with Crippen LogP contribution in [0.3, 0.4) is 0 Å². The first-order valence-electron chi connectivity index (χ1n) is 20.4. The number of hydrogen-bond donors (Lipinski definition) is 2. The van der Waals surface area contributed by atoms with E-state index in [0.29, 0.717) is 75.6 Å². The predicted octanol–water partition coefficient (Wildman–Crippen LogP) is 6.60. The molecule has 0 aliphatic carbocycles. The molecule has 17 nitrogen and oxygen atoms in total. The topological polar surface area (TPSA) is 206 Å². The number of aromatic nitrogens is 6. The van der Waals surface area contributed by atoms with E-state index in [-0.39, 0.29) is 51.0 Å². The number of esters is 2. The largest absolute Gasteiger partial charge is 0.469 e. The van der Waals surface area contributed by atoms with Gasteiger partial charge in [0.25, 0.3) is 11.8 Å². The summed E-state index contributed by atoms with van der Waals surface area (Å²) in [7, 11) is 2.65. The molecule has 0 saturated carbocycles. The lowest BCUT2D eigenvalue weighted by Crippen LogP contribution is -2.30. The van der Waals surface area contributed by atoms with Crippen LogP contribution in [-0.4, -0.2) is 105 Å². The molecule has 0 radical (unpaired) electrons. The van der Waals surface area contributed by atoms with Gasteiger partial charge in [0.2, 0.25) is 0 Å². The van der Waals surface area contributed by atoms with E-state index in [1.165, 1.54) is 36.9 Å². The fraction of sp³-hybridized carbons (Fsp3) is 0.318. The van der Waals surface area contributed by atoms with Crippen molar-refractivity contribution >= 4 is 81.1 Å². The molecule has 2 atom stereocenters. The molecule has 336 valence electrons. The van der Waals surface area contributed by atoms with E-state index in [2.05, 4.69) is 31.0 Å². The van der Waals surface area contributed by atoms with E-state index in [0.717, 1.165) is 22.3 Å². The van der Waals surface area contributed by atoms with Gasteiger partial charge in [-0.3, -0.25) is 38.3 Å². The summed E-state index contributed by atoms with van der Waals surface area (Å²) in [5.41, 5.74) is 5.50. The Morgan fingerprint density at radius 2 is 1.00 bits per heavy atom. The summed E-state index contributed by atoms with van der Waals surface area (Å²) >= 11 is 15.0. The van der Waals surface area contributed by atoms with Gasteiger partial charge >= 0.3 is 11.9 Å². The number of thiophene rings is 2. The van der Waals surface area contributed by atoms with Gasteiger partial charge in [0.1, 0.15) is 33.7 Å². The lowest BCUT2D eigenvalue weighted by atomic mass is 9.99. The van der Waals surface area contributed by atoms with E-state index < -0.39 is 24.0 Å². The van der Waals surface area contributed by atoms with E-state index in [1.54, 1.807) is 38.1 Å². The average Bonchev–Trinajstić information content (AvgIpc) is 4.01. The van der Waals surface area contributed by atoms with E-state index >= 15 is 0 Å². The van der Waals surface area contributed by atoms with Crippen LogP contribution in [-0.2, 0) is 23.8 Å². The summed E-state index contributed by atoms with van der Waals surface area (Å²) < 4.78 is 19.5. The highest BCUT2D eigenvalue weighted by molar-refractivity contribution is 7.17. The molecular weight excluding hydrogens is 916 g/mol. The Morgan fingerprint density at radius 3 is 1.37 bits per heavy atom. The monoisotopic (exact) mass is 956 g/mol. The molecule has 0 saturated heterocycles. The SMILES string of the molecule is COC(=O)CC1N=C(c2ccc(Cl)cc2)c2c(sc(C(=O)NCCOCCNC(=O)c3sc4c(c3C)C(c3ccc(Cl)cc3)=NC(CC(=O)OC)c3nnc(C)n3-4)c2C)-n2c(C)nnc21. The van der Waals surface area contributed by atoms with Crippen molar-refractivity contribution in [2.75, 3.05) is 40.5 Å². The summed E-state index contributed by atoms with van der Waals surface area (Å²) in [5, 5.41) is 25.8. The Bertz CT molecular complexity index is 2710. The Balaban J connectivity index is 0.942. The molecule has 8 rings (SSSR count). The number of carbonyl (C=O) groups excluding carboxylic acids is 4. The molecule has 21 heteroatoms. The van der Waals surface area contributed by atoms with Crippen LogP contribution in [0.5, 0.6) is 0 Å². The minimum atomic E-state index is -0.694. The van der Waals surface area contributed by atoms with Crippen molar-refractivity contribution in [3.8, 4) is 10.0 Å². The molecule has 6 heterocycles. The molecular formula is C44H42Cl2N10O7S2. The molecule has 2 aromatic carbocycles. The van der Waals surface area contributed by atoms with Crippen LogP contribution in [0.25, 0.3) is 10.0 Å². The summed E-state index contributed by atoms with van der Waals surface area (Å²) in [6, 6.07) is 13.0. The Labute approximate surface area is 390 Å².